The van der Waals surface area contributed by atoms with Crippen molar-refractivity contribution in [2.45, 2.75) is 85.7 Å². The van der Waals surface area contributed by atoms with Gasteiger partial charge in [0, 0.05) is 6.61 Å². The first kappa shape index (κ1) is 22.7. The van der Waals surface area contributed by atoms with E-state index in [9.17, 15) is 0 Å². The van der Waals surface area contributed by atoms with Crippen molar-refractivity contribution in [3.63, 3.8) is 0 Å². The van der Waals surface area contributed by atoms with Crippen LogP contribution in [0.3, 0.4) is 0 Å². The fourth-order valence-electron chi connectivity index (χ4n) is 2.95. The molecule has 0 aromatic heterocycles. The van der Waals surface area contributed by atoms with Gasteiger partial charge in [0.15, 0.2) is 8.32 Å². The molecule has 0 aromatic rings. The summed E-state index contributed by atoms with van der Waals surface area (Å²) < 4.78 is 12.8. The molecule has 0 aromatic carbocycles. The lowest BCUT2D eigenvalue weighted by Gasteiger charge is -2.39. The molecule has 0 heterocycles. The second-order valence-electron chi connectivity index (χ2n) is 10.6. The molecule has 2 atom stereocenters. The van der Waals surface area contributed by atoms with Crippen LogP contribution in [0, 0.1) is 17.8 Å². The topological polar surface area (TPSA) is 18.5 Å². The van der Waals surface area contributed by atoms with Gasteiger partial charge in [-0.2, -0.15) is 0 Å². The van der Waals surface area contributed by atoms with Crippen molar-refractivity contribution in [3.8, 4) is 0 Å². The molecule has 0 saturated heterocycles. The van der Waals surface area contributed by atoms with Gasteiger partial charge in [-0.15, -0.1) is 0 Å². The van der Waals surface area contributed by atoms with Crippen molar-refractivity contribution < 1.29 is 8.85 Å². The van der Waals surface area contributed by atoms with Gasteiger partial charge in [-0.3, -0.25) is 0 Å². The predicted octanol–water partition coefficient (Wildman–Crippen LogP) is 6.98. The van der Waals surface area contributed by atoms with Crippen molar-refractivity contribution in [1.29, 1.82) is 0 Å². The summed E-state index contributed by atoms with van der Waals surface area (Å²) >= 11 is 0. The van der Waals surface area contributed by atoms with E-state index in [0.29, 0.717) is 17.8 Å². The zero-order chi connectivity index (χ0) is 19.6. The Bertz CT molecular complexity index is 505. The Morgan fingerprint density at radius 1 is 1.12 bits per heavy atom. The molecule has 0 aliphatic heterocycles. The molecule has 1 aliphatic rings. The normalized spacial score (nSPS) is 21.0. The summed E-state index contributed by atoms with van der Waals surface area (Å²) in [5.41, 5.74) is 1.40. The molecular formula is C21H42O2Si2. The van der Waals surface area contributed by atoms with E-state index in [1.165, 1.54) is 5.57 Å². The van der Waals surface area contributed by atoms with Crippen molar-refractivity contribution in [2.24, 2.45) is 17.8 Å². The smallest absolute Gasteiger partial charge is 0.242 e. The van der Waals surface area contributed by atoms with E-state index < -0.39 is 16.6 Å². The van der Waals surface area contributed by atoms with Gasteiger partial charge >= 0.3 is 0 Å². The molecule has 0 radical (unpaired) electrons. The number of hydrogen-bond acceptors (Lipinski definition) is 2. The summed E-state index contributed by atoms with van der Waals surface area (Å²) in [4.78, 5) is 0. The van der Waals surface area contributed by atoms with Crippen LogP contribution in [-0.2, 0) is 8.85 Å². The highest BCUT2D eigenvalue weighted by molar-refractivity contribution is 6.74. The quantitative estimate of drug-likeness (QED) is 0.442. The van der Waals surface area contributed by atoms with E-state index in [2.05, 4.69) is 86.4 Å². The Morgan fingerprint density at radius 3 is 2.08 bits per heavy atom. The fourth-order valence-corrected chi connectivity index (χ4v) is 4.90. The maximum Gasteiger partial charge on any atom is 0.242 e. The lowest BCUT2D eigenvalue weighted by molar-refractivity contribution is 0.156. The molecule has 0 N–H and O–H groups in total. The van der Waals surface area contributed by atoms with Crippen LogP contribution < -0.4 is 0 Å². The van der Waals surface area contributed by atoms with Gasteiger partial charge in [-0.1, -0.05) is 40.7 Å². The minimum Gasteiger partial charge on any atom is -0.544 e. The van der Waals surface area contributed by atoms with Crippen molar-refractivity contribution in [1.82, 2.24) is 0 Å². The van der Waals surface area contributed by atoms with Crippen molar-refractivity contribution in [3.05, 3.63) is 23.5 Å². The summed E-state index contributed by atoms with van der Waals surface area (Å²) in [5.74, 6) is 2.85. The SMILES string of the molecule is CC1=C(O[Si](C)(C)C)C=C[C@@H]([C@@H](CO[Si](C)(C)C(C)(C)C)C(C)C)C1. The Morgan fingerprint density at radius 2 is 1.68 bits per heavy atom. The largest absolute Gasteiger partial charge is 0.544 e. The molecule has 0 amide bonds. The van der Waals surface area contributed by atoms with Crippen LogP contribution in [-0.4, -0.2) is 23.2 Å². The van der Waals surface area contributed by atoms with Gasteiger partial charge in [0.2, 0.25) is 8.32 Å². The average Bonchev–Trinajstić information content (AvgIpc) is 2.38. The summed E-state index contributed by atoms with van der Waals surface area (Å²) in [6.45, 7) is 26.2. The maximum atomic E-state index is 6.58. The number of allylic oxidation sites excluding steroid dienone is 3. The lowest BCUT2D eigenvalue weighted by atomic mass is 9.78. The highest BCUT2D eigenvalue weighted by Gasteiger charge is 2.38. The Kier molecular flexibility index (Phi) is 7.39. The third-order valence-corrected chi connectivity index (χ3v) is 11.1. The third kappa shape index (κ3) is 6.72. The number of hydrogen-bond donors (Lipinski definition) is 0. The first-order chi connectivity index (χ1) is 11.1. The predicted molar refractivity (Wildman–Crippen MR) is 116 cm³/mol. The van der Waals surface area contributed by atoms with E-state index in [-0.39, 0.29) is 5.04 Å². The van der Waals surface area contributed by atoms with Crippen LogP contribution in [0.25, 0.3) is 0 Å². The molecular weight excluding hydrogens is 340 g/mol. The Labute approximate surface area is 159 Å². The monoisotopic (exact) mass is 382 g/mol. The number of rotatable bonds is 7. The minimum absolute atomic E-state index is 0.269. The highest BCUT2D eigenvalue weighted by Crippen LogP contribution is 2.39. The zero-order valence-corrected chi connectivity index (χ0v) is 20.6. The molecule has 0 saturated carbocycles. The summed E-state index contributed by atoms with van der Waals surface area (Å²) in [7, 11) is -3.24. The van der Waals surface area contributed by atoms with E-state index in [0.717, 1.165) is 18.8 Å². The van der Waals surface area contributed by atoms with Crippen LogP contribution in [0.4, 0.5) is 0 Å². The molecule has 0 unspecified atom stereocenters. The third-order valence-electron chi connectivity index (χ3n) is 5.72. The van der Waals surface area contributed by atoms with Gasteiger partial charge in [-0.05, 0) is 80.5 Å². The molecule has 0 spiro atoms. The van der Waals surface area contributed by atoms with Crippen LogP contribution in [0.1, 0.15) is 48.0 Å². The van der Waals surface area contributed by atoms with E-state index in [1.54, 1.807) is 0 Å². The van der Waals surface area contributed by atoms with Gasteiger partial charge < -0.3 is 8.85 Å². The van der Waals surface area contributed by atoms with Crippen LogP contribution in [0.15, 0.2) is 23.5 Å². The standard InChI is InChI=1S/C21H42O2Si2/c1-16(2)19(15-22-25(10,11)21(4,5)6)18-12-13-20(17(3)14-18)23-24(7,8)9/h12-13,16,18-19H,14-15H2,1-11H3/t18-,19+/m1/s1. The van der Waals surface area contributed by atoms with Crippen molar-refractivity contribution >= 4 is 16.6 Å². The van der Waals surface area contributed by atoms with Gasteiger partial charge in [0.25, 0.3) is 0 Å². The van der Waals surface area contributed by atoms with E-state index in [4.69, 9.17) is 8.85 Å². The van der Waals surface area contributed by atoms with E-state index in [1.807, 2.05) is 0 Å². The summed E-state index contributed by atoms with van der Waals surface area (Å²) in [5, 5.41) is 0.269. The molecule has 2 nitrogen and oxygen atoms in total. The maximum absolute atomic E-state index is 6.58. The minimum atomic E-state index is -1.69. The highest BCUT2D eigenvalue weighted by atomic mass is 28.4. The van der Waals surface area contributed by atoms with Crippen LogP contribution in [0.2, 0.25) is 37.8 Å². The van der Waals surface area contributed by atoms with Crippen molar-refractivity contribution in [2.75, 3.05) is 6.61 Å². The molecule has 146 valence electrons. The van der Waals surface area contributed by atoms with E-state index >= 15 is 0 Å². The molecule has 0 bridgehead atoms. The average molecular weight is 383 g/mol. The molecule has 4 heteroatoms. The van der Waals surface area contributed by atoms with Gasteiger partial charge in [-0.25, -0.2) is 0 Å². The molecule has 25 heavy (non-hydrogen) atoms. The Hall–Kier alpha value is -0.326. The molecule has 1 rings (SSSR count). The first-order valence-electron chi connectivity index (χ1n) is 9.85. The zero-order valence-electron chi connectivity index (χ0n) is 18.6. The first-order valence-corrected chi connectivity index (χ1v) is 16.2. The lowest BCUT2D eigenvalue weighted by Crippen LogP contribution is -2.43. The van der Waals surface area contributed by atoms with Crippen LogP contribution >= 0.6 is 0 Å². The Balaban J connectivity index is 2.82. The molecule has 1 aliphatic carbocycles. The second-order valence-corrected chi connectivity index (χ2v) is 19.8. The van der Waals surface area contributed by atoms with Gasteiger partial charge in [0.1, 0.15) is 5.76 Å². The summed E-state index contributed by atoms with van der Waals surface area (Å²) in [6.07, 6.45) is 5.70. The fraction of sp³-hybridized carbons (Fsp3) is 0.810. The second kappa shape index (κ2) is 8.14. The van der Waals surface area contributed by atoms with Crippen LogP contribution in [0.5, 0.6) is 0 Å². The van der Waals surface area contributed by atoms with Gasteiger partial charge in [0.05, 0.1) is 0 Å². The molecule has 0 fully saturated rings. The summed E-state index contributed by atoms with van der Waals surface area (Å²) in [6, 6.07) is 0.